The molecule has 0 saturated heterocycles. The molecule has 0 spiro atoms. The number of hydrogen-bond acceptors (Lipinski definition) is 4. The van der Waals surface area contributed by atoms with Crippen molar-refractivity contribution in [1.82, 2.24) is 9.97 Å². The molecule has 2 rings (SSSR count). The van der Waals surface area contributed by atoms with Crippen LogP contribution in [-0.4, -0.2) is 22.5 Å². The van der Waals surface area contributed by atoms with Gasteiger partial charge in [-0.1, -0.05) is 13.3 Å². The maximum absolute atomic E-state index is 11.9. The molecule has 5 nitrogen and oxygen atoms in total. The van der Waals surface area contributed by atoms with Crippen LogP contribution in [-0.2, 0) is 11.2 Å². The van der Waals surface area contributed by atoms with Gasteiger partial charge in [0.25, 0.3) is 5.56 Å². The maximum Gasteiger partial charge on any atom is 0.338 e. The number of hydrogen-bond donors (Lipinski definition) is 1. The van der Waals surface area contributed by atoms with Gasteiger partial charge in [0, 0.05) is 6.42 Å². The number of nitrogens with one attached hydrogen (secondary N) is 1. The van der Waals surface area contributed by atoms with Gasteiger partial charge in [-0.15, -0.1) is 0 Å². The van der Waals surface area contributed by atoms with Crippen molar-refractivity contribution >= 4 is 16.9 Å². The largest absolute Gasteiger partial charge is 0.462 e. The van der Waals surface area contributed by atoms with E-state index in [9.17, 15) is 9.59 Å². The number of esters is 1. The first kappa shape index (κ1) is 14.2. The zero-order valence-corrected chi connectivity index (χ0v) is 11.7. The summed E-state index contributed by atoms with van der Waals surface area (Å²) in [7, 11) is 0. The molecule has 5 heteroatoms. The first-order valence-corrected chi connectivity index (χ1v) is 6.85. The summed E-state index contributed by atoms with van der Waals surface area (Å²) in [5.74, 6) is 0.271. The van der Waals surface area contributed by atoms with Crippen LogP contribution in [0.1, 0.15) is 42.9 Å². The number of ether oxygens (including phenoxy) is 1. The summed E-state index contributed by atoms with van der Waals surface area (Å²) in [4.78, 5) is 30.8. The molecule has 1 aromatic carbocycles. The van der Waals surface area contributed by atoms with Gasteiger partial charge in [-0.2, -0.15) is 4.98 Å². The minimum Gasteiger partial charge on any atom is -0.462 e. The number of aryl methyl sites for hydroxylation is 1. The smallest absolute Gasteiger partial charge is 0.338 e. The average Bonchev–Trinajstić information content (AvgIpc) is 2.44. The minimum absolute atomic E-state index is 0.264. The first-order chi connectivity index (χ1) is 9.65. The third kappa shape index (κ3) is 3.04. The predicted octanol–water partition coefficient (Wildman–Crippen LogP) is 2.44. The van der Waals surface area contributed by atoms with Crippen LogP contribution in [0.3, 0.4) is 0 Å². The lowest BCUT2D eigenvalue weighted by molar-refractivity contribution is 0.0526. The van der Waals surface area contributed by atoms with Gasteiger partial charge in [0.05, 0.1) is 23.1 Å². The lowest BCUT2D eigenvalue weighted by Gasteiger charge is -2.05. The van der Waals surface area contributed by atoms with E-state index in [0.717, 1.165) is 19.3 Å². The maximum atomic E-state index is 11.9. The highest BCUT2D eigenvalue weighted by Crippen LogP contribution is 2.12. The van der Waals surface area contributed by atoms with E-state index in [1.54, 1.807) is 25.1 Å². The van der Waals surface area contributed by atoms with Gasteiger partial charge in [-0.05, 0) is 31.5 Å². The van der Waals surface area contributed by atoms with Crippen LogP contribution < -0.4 is 5.56 Å². The molecule has 0 radical (unpaired) electrons. The van der Waals surface area contributed by atoms with Crippen molar-refractivity contribution in [3.05, 3.63) is 39.9 Å². The molecule has 2 aromatic rings. The Hall–Kier alpha value is -2.17. The third-order valence-electron chi connectivity index (χ3n) is 3.04. The van der Waals surface area contributed by atoms with Crippen molar-refractivity contribution < 1.29 is 9.53 Å². The molecule has 0 amide bonds. The number of aromatic nitrogens is 2. The van der Waals surface area contributed by atoms with Gasteiger partial charge in [0.2, 0.25) is 0 Å². The Morgan fingerprint density at radius 2 is 2.15 bits per heavy atom. The number of aromatic amines is 1. The Balaban J connectivity index is 2.44. The third-order valence-corrected chi connectivity index (χ3v) is 3.04. The fourth-order valence-corrected chi connectivity index (χ4v) is 2.00. The van der Waals surface area contributed by atoms with Crippen LogP contribution in [0.2, 0.25) is 0 Å². The number of unbranched alkanes of at least 4 members (excludes halogenated alkanes) is 1. The zero-order chi connectivity index (χ0) is 14.5. The summed E-state index contributed by atoms with van der Waals surface area (Å²) >= 11 is 0. The summed E-state index contributed by atoms with van der Waals surface area (Å²) in [5.41, 5.74) is 0.796. The highest BCUT2D eigenvalue weighted by molar-refractivity contribution is 5.94. The molecular formula is C15H18N2O3. The minimum atomic E-state index is -0.387. The second-order valence-corrected chi connectivity index (χ2v) is 4.57. The standard InChI is InChI=1S/C15H18N2O3/c1-3-5-6-13-16-12-9-10(15(19)20-4-2)7-8-11(12)14(18)17-13/h7-9H,3-6H2,1-2H3,(H,16,17,18). The fourth-order valence-electron chi connectivity index (χ4n) is 2.00. The van der Waals surface area contributed by atoms with E-state index in [0.29, 0.717) is 28.9 Å². The number of carbonyl (C=O) groups excluding carboxylic acids is 1. The second kappa shape index (κ2) is 6.32. The van der Waals surface area contributed by atoms with E-state index in [4.69, 9.17) is 4.74 Å². The molecule has 0 aliphatic heterocycles. The Labute approximate surface area is 117 Å². The van der Waals surface area contributed by atoms with Crippen molar-refractivity contribution in [2.75, 3.05) is 6.61 Å². The summed E-state index contributed by atoms with van der Waals surface area (Å²) in [5, 5.41) is 0.485. The highest BCUT2D eigenvalue weighted by Gasteiger charge is 2.10. The molecule has 106 valence electrons. The fraction of sp³-hybridized carbons (Fsp3) is 0.400. The van der Waals surface area contributed by atoms with Crippen LogP contribution in [0.25, 0.3) is 10.9 Å². The number of nitrogens with zero attached hydrogens (tertiary/aromatic N) is 1. The van der Waals surface area contributed by atoms with E-state index < -0.39 is 0 Å². The first-order valence-electron chi connectivity index (χ1n) is 6.85. The van der Waals surface area contributed by atoms with E-state index in [1.165, 1.54) is 0 Å². The summed E-state index contributed by atoms with van der Waals surface area (Å²) in [6, 6.07) is 4.84. The lowest BCUT2D eigenvalue weighted by Crippen LogP contribution is -2.13. The molecule has 0 unspecified atom stereocenters. The molecule has 20 heavy (non-hydrogen) atoms. The summed E-state index contributed by atoms with van der Waals surface area (Å²) < 4.78 is 4.96. The van der Waals surface area contributed by atoms with Gasteiger partial charge in [0.1, 0.15) is 5.82 Å². The number of fused-ring (bicyclic) bond motifs is 1. The van der Waals surface area contributed by atoms with E-state index in [2.05, 4.69) is 16.9 Å². The Bertz CT molecular complexity index is 676. The van der Waals surface area contributed by atoms with E-state index in [-0.39, 0.29) is 11.5 Å². The molecular weight excluding hydrogens is 256 g/mol. The average molecular weight is 274 g/mol. The van der Waals surface area contributed by atoms with Crippen LogP contribution in [0.15, 0.2) is 23.0 Å². The number of rotatable bonds is 5. The molecule has 0 aliphatic rings. The highest BCUT2D eigenvalue weighted by atomic mass is 16.5. The van der Waals surface area contributed by atoms with Crippen LogP contribution >= 0.6 is 0 Å². The predicted molar refractivity (Wildman–Crippen MR) is 76.9 cm³/mol. The lowest BCUT2D eigenvalue weighted by atomic mass is 10.1. The Kier molecular flexibility index (Phi) is 4.50. The van der Waals surface area contributed by atoms with Gasteiger partial charge in [0.15, 0.2) is 0 Å². The molecule has 1 aromatic heterocycles. The van der Waals surface area contributed by atoms with Gasteiger partial charge < -0.3 is 9.72 Å². The Morgan fingerprint density at radius 3 is 2.85 bits per heavy atom. The van der Waals surface area contributed by atoms with Crippen LogP contribution in [0, 0.1) is 0 Å². The molecule has 0 atom stereocenters. The molecule has 0 bridgehead atoms. The molecule has 0 fully saturated rings. The van der Waals surface area contributed by atoms with Crippen molar-refractivity contribution in [3.63, 3.8) is 0 Å². The quantitative estimate of drug-likeness (QED) is 0.850. The van der Waals surface area contributed by atoms with Crippen molar-refractivity contribution in [1.29, 1.82) is 0 Å². The monoisotopic (exact) mass is 274 g/mol. The molecule has 0 saturated carbocycles. The molecule has 0 aliphatic carbocycles. The van der Waals surface area contributed by atoms with Crippen molar-refractivity contribution in [3.8, 4) is 0 Å². The zero-order valence-electron chi connectivity index (χ0n) is 11.7. The molecule has 1 heterocycles. The van der Waals surface area contributed by atoms with Gasteiger partial charge >= 0.3 is 5.97 Å². The van der Waals surface area contributed by atoms with E-state index >= 15 is 0 Å². The van der Waals surface area contributed by atoms with Crippen LogP contribution in [0.5, 0.6) is 0 Å². The van der Waals surface area contributed by atoms with Crippen molar-refractivity contribution in [2.45, 2.75) is 33.1 Å². The summed E-state index contributed by atoms with van der Waals surface area (Å²) in [6.45, 7) is 4.16. The number of carbonyl (C=O) groups is 1. The van der Waals surface area contributed by atoms with Gasteiger partial charge in [-0.3, -0.25) is 4.79 Å². The Morgan fingerprint density at radius 1 is 1.35 bits per heavy atom. The van der Waals surface area contributed by atoms with Crippen molar-refractivity contribution in [2.24, 2.45) is 0 Å². The molecule has 1 N–H and O–H groups in total. The topological polar surface area (TPSA) is 72.1 Å². The SMILES string of the molecule is CCCCc1nc(=O)c2ccc(C(=O)OCC)cc2[nH]1. The summed E-state index contributed by atoms with van der Waals surface area (Å²) in [6.07, 6.45) is 2.72. The van der Waals surface area contributed by atoms with Gasteiger partial charge in [-0.25, -0.2) is 4.79 Å². The van der Waals surface area contributed by atoms with E-state index in [1.807, 2.05) is 0 Å². The number of H-pyrrole nitrogens is 1. The number of benzene rings is 1. The van der Waals surface area contributed by atoms with Crippen LogP contribution in [0.4, 0.5) is 0 Å². The normalized spacial score (nSPS) is 10.7. The second-order valence-electron chi connectivity index (χ2n) is 4.57.